The van der Waals surface area contributed by atoms with Crippen molar-refractivity contribution in [3.63, 3.8) is 0 Å². The number of methoxy groups -OCH3 is 1. The zero-order chi connectivity index (χ0) is 24.7. The number of hydrogen-bond donors (Lipinski definition) is 1. The Balaban J connectivity index is 1.53. The van der Waals surface area contributed by atoms with E-state index in [1.165, 1.54) is 18.0 Å². The summed E-state index contributed by atoms with van der Waals surface area (Å²) < 4.78 is 33.5. The van der Waals surface area contributed by atoms with Crippen LogP contribution in [0.2, 0.25) is 0 Å². The third-order valence-corrected chi connectivity index (χ3v) is 7.45. The first-order valence-corrected chi connectivity index (χ1v) is 12.7. The van der Waals surface area contributed by atoms with E-state index in [1.54, 1.807) is 25.3 Å². The number of carbonyl (C=O) groups excluding carboxylic acids is 3. The van der Waals surface area contributed by atoms with Crippen molar-refractivity contribution in [1.29, 1.82) is 0 Å². The summed E-state index contributed by atoms with van der Waals surface area (Å²) in [5.74, 6) is -0.828. The molecule has 2 aromatic carbocycles. The van der Waals surface area contributed by atoms with Gasteiger partial charge < -0.3 is 19.7 Å². The lowest BCUT2D eigenvalue weighted by Gasteiger charge is -2.23. The molecule has 1 saturated heterocycles. The molecular formula is C24H28N2O7S. The first kappa shape index (κ1) is 25.2. The van der Waals surface area contributed by atoms with Crippen molar-refractivity contribution in [3.8, 4) is 5.75 Å². The van der Waals surface area contributed by atoms with Crippen molar-refractivity contribution in [3.05, 3.63) is 59.7 Å². The molecule has 1 unspecified atom stereocenters. The average Bonchev–Trinajstić information content (AvgIpc) is 3.20. The van der Waals surface area contributed by atoms with E-state index >= 15 is 0 Å². The highest BCUT2D eigenvalue weighted by molar-refractivity contribution is 7.91. The standard InChI is InChI=1S/C24H28N2O7S/c1-26(18-13-14-34(30,31)16-18)23(28)15-33-24(29)20-5-3-4-6-21(20)25-22(27)12-9-17-7-10-19(32-2)11-8-17/h3-8,10-11,18H,9,12-16H2,1-2H3,(H,25,27). The van der Waals surface area contributed by atoms with E-state index in [-0.39, 0.29) is 35.1 Å². The lowest BCUT2D eigenvalue weighted by molar-refractivity contribution is -0.134. The molecule has 182 valence electrons. The van der Waals surface area contributed by atoms with Crippen molar-refractivity contribution in [1.82, 2.24) is 4.90 Å². The molecular weight excluding hydrogens is 460 g/mol. The second kappa shape index (κ2) is 11.1. The van der Waals surface area contributed by atoms with Crippen LogP contribution in [0, 0.1) is 0 Å². The minimum Gasteiger partial charge on any atom is -0.497 e. The molecule has 9 nitrogen and oxygen atoms in total. The molecule has 1 N–H and O–H groups in total. The van der Waals surface area contributed by atoms with Gasteiger partial charge in [0.2, 0.25) is 5.91 Å². The van der Waals surface area contributed by atoms with Gasteiger partial charge in [-0.2, -0.15) is 0 Å². The van der Waals surface area contributed by atoms with Crippen LogP contribution in [0.4, 0.5) is 5.69 Å². The van der Waals surface area contributed by atoms with Gasteiger partial charge in [-0.05, 0) is 42.7 Å². The van der Waals surface area contributed by atoms with E-state index in [0.717, 1.165) is 11.3 Å². The third-order valence-electron chi connectivity index (χ3n) is 5.70. The number of sulfone groups is 1. The molecule has 0 spiro atoms. The van der Waals surface area contributed by atoms with Crippen LogP contribution in [0.1, 0.15) is 28.8 Å². The van der Waals surface area contributed by atoms with Gasteiger partial charge in [0, 0.05) is 19.5 Å². The van der Waals surface area contributed by atoms with Crippen molar-refractivity contribution in [2.75, 3.05) is 37.6 Å². The van der Waals surface area contributed by atoms with Gasteiger partial charge in [0.05, 0.1) is 29.9 Å². The number of amides is 2. The molecule has 0 aliphatic carbocycles. The molecule has 2 amide bonds. The quantitative estimate of drug-likeness (QED) is 0.537. The van der Waals surface area contributed by atoms with E-state index < -0.39 is 34.4 Å². The first-order chi connectivity index (χ1) is 16.2. The van der Waals surface area contributed by atoms with Crippen LogP contribution in [-0.2, 0) is 30.6 Å². The molecule has 0 saturated carbocycles. The maximum atomic E-state index is 12.6. The Labute approximate surface area is 199 Å². The number of hydrogen-bond acceptors (Lipinski definition) is 7. The van der Waals surface area contributed by atoms with E-state index in [0.29, 0.717) is 12.8 Å². The van der Waals surface area contributed by atoms with Gasteiger partial charge in [0.15, 0.2) is 16.4 Å². The Kier molecular flexibility index (Phi) is 8.27. The summed E-state index contributed by atoms with van der Waals surface area (Å²) in [4.78, 5) is 38.7. The van der Waals surface area contributed by atoms with Crippen LogP contribution in [0.5, 0.6) is 5.75 Å². The number of aryl methyl sites for hydroxylation is 1. The second-order valence-corrected chi connectivity index (χ2v) is 10.3. The van der Waals surface area contributed by atoms with Gasteiger partial charge in [-0.15, -0.1) is 0 Å². The Bertz CT molecular complexity index is 1150. The highest BCUT2D eigenvalue weighted by Crippen LogP contribution is 2.19. The van der Waals surface area contributed by atoms with Gasteiger partial charge in [0.25, 0.3) is 5.91 Å². The second-order valence-electron chi connectivity index (χ2n) is 8.08. The van der Waals surface area contributed by atoms with Gasteiger partial charge >= 0.3 is 5.97 Å². The molecule has 1 aliphatic heterocycles. The van der Waals surface area contributed by atoms with Gasteiger partial charge in [-0.1, -0.05) is 24.3 Å². The van der Waals surface area contributed by atoms with Crippen molar-refractivity contribution < 1.29 is 32.3 Å². The molecule has 34 heavy (non-hydrogen) atoms. The summed E-state index contributed by atoms with van der Waals surface area (Å²) in [6.07, 6.45) is 1.09. The van der Waals surface area contributed by atoms with Crippen molar-refractivity contribution in [2.45, 2.75) is 25.3 Å². The topological polar surface area (TPSA) is 119 Å². The fourth-order valence-electron chi connectivity index (χ4n) is 3.62. The fourth-order valence-corrected chi connectivity index (χ4v) is 5.40. The predicted octanol–water partition coefficient (Wildman–Crippen LogP) is 2.07. The zero-order valence-electron chi connectivity index (χ0n) is 19.2. The molecule has 2 aromatic rings. The number of benzene rings is 2. The predicted molar refractivity (Wildman–Crippen MR) is 126 cm³/mol. The fraction of sp³-hybridized carbons (Fsp3) is 0.375. The number of esters is 1. The van der Waals surface area contributed by atoms with E-state index in [9.17, 15) is 22.8 Å². The smallest absolute Gasteiger partial charge is 0.340 e. The Morgan fingerprint density at radius 3 is 2.44 bits per heavy atom. The summed E-state index contributed by atoms with van der Waals surface area (Å²) in [5.41, 5.74) is 1.38. The number of nitrogens with one attached hydrogen (secondary N) is 1. The first-order valence-electron chi connectivity index (χ1n) is 10.8. The Hall–Kier alpha value is -3.40. The van der Waals surface area contributed by atoms with E-state index in [1.807, 2.05) is 24.3 Å². The summed E-state index contributed by atoms with van der Waals surface area (Å²) in [6, 6.07) is 13.4. The van der Waals surface area contributed by atoms with Crippen LogP contribution in [0.15, 0.2) is 48.5 Å². The summed E-state index contributed by atoms with van der Waals surface area (Å²) >= 11 is 0. The number of likely N-dealkylation sites (N-methyl/N-ethyl adjacent to an activating group) is 1. The van der Waals surface area contributed by atoms with Gasteiger partial charge in [-0.3, -0.25) is 9.59 Å². The molecule has 0 radical (unpaired) electrons. The minimum atomic E-state index is -3.14. The van der Waals surface area contributed by atoms with Gasteiger partial charge in [-0.25, -0.2) is 13.2 Å². The van der Waals surface area contributed by atoms with Crippen LogP contribution >= 0.6 is 0 Å². The van der Waals surface area contributed by atoms with Crippen molar-refractivity contribution in [2.24, 2.45) is 0 Å². The molecule has 1 atom stereocenters. The third kappa shape index (κ3) is 6.80. The summed E-state index contributed by atoms with van der Waals surface area (Å²) in [7, 11) is -0.0554. The largest absolute Gasteiger partial charge is 0.497 e. The number of anilines is 1. The molecule has 3 rings (SSSR count). The number of carbonyl (C=O) groups is 3. The average molecular weight is 489 g/mol. The summed E-state index contributed by atoms with van der Waals surface area (Å²) in [5, 5.41) is 2.72. The van der Waals surface area contributed by atoms with Crippen LogP contribution in [-0.4, -0.2) is 69.4 Å². The lowest BCUT2D eigenvalue weighted by atomic mass is 10.1. The Morgan fingerprint density at radius 1 is 1.09 bits per heavy atom. The van der Waals surface area contributed by atoms with Crippen molar-refractivity contribution >= 4 is 33.3 Å². The maximum Gasteiger partial charge on any atom is 0.340 e. The molecule has 0 aromatic heterocycles. The highest BCUT2D eigenvalue weighted by atomic mass is 32.2. The van der Waals surface area contributed by atoms with Gasteiger partial charge in [0.1, 0.15) is 5.75 Å². The monoisotopic (exact) mass is 488 g/mol. The molecule has 1 fully saturated rings. The molecule has 1 heterocycles. The van der Waals surface area contributed by atoms with E-state index in [4.69, 9.17) is 9.47 Å². The van der Waals surface area contributed by atoms with E-state index in [2.05, 4.69) is 5.32 Å². The van der Waals surface area contributed by atoms with Crippen LogP contribution in [0.25, 0.3) is 0 Å². The number of nitrogens with zero attached hydrogens (tertiary/aromatic N) is 1. The zero-order valence-corrected chi connectivity index (χ0v) is 20.0. The SMILES string of the molecule is COc1ccc(CCC(=O)Nc2ccccc2C(=O)OCC(=O)N(C)C2CCS(=O)(=O)C2)cc1. The molecule has 1 aliphatic rings. The number of rotatable bonds is 9. The van der Waals surface area contributed by atoms with Crippen LogP contribution in [0.3, 0.4) is 0 Å². The van der Waals surface area contributed by atoms with Crippen LogP contribution < -0.4 is 10.1 Å². The maximum absolute atomic E-state index is 12.6. The molecule has 0 bridgehead atoms. The highest BCUT2D eigenvalue weighted by Gasteiger charge is 2.33. The normalized spacial score (nSPS) is 16.5. The number of para-hydroxylation sites is 1. The lowest BCUT2D eigenvalue weighted by Crippen LogP contribution is -2.40. The number of ether oxygens (including phenoxy) is 2. The molecule has 10 heteroatoms. The minimum absolute atomic E-state index is 0.0423. The summed E-state index contributed by atoms with van der Waals surface area (Å²) in [6.45, 7) is -0.522. The Morgan fingerprint density at radius 2 is 1.79 bits per heavy atom.